The first kappa shape index (κ1) is 14.8. The van der Waals surface area contributed by atoms with Crippen LogP contribution in [-0.4, -0.2) is 50.5 Å². The lowest BCUT2D eigenvalue weighted by Crippen LogP contribution is -2.38. The number of nitrogens with zero attached hydrogens (tertiary/aromatic N) is 4. The molecule has 0 aromatic carbocycles. The van der Waals surface area contributed by atoms with E-state index in [0.717, 1.165) is 18.8 Å². The van der Waals surface area contributed by atoms with Crippen LogP contribution in [-0.2, 0) is 18.3 Å². The van der Waals surface area contributed by atoms with Gasteiger partial charge in [0.05, 0.1) is 6.54 Å². The van der Waals surface area contributed by atoms with Gasteiger partial charge in [-0.15, -0.1) is 0 Å². The summed E-state index contributed by atoms with van der Waals surface area (Å²) in [5.41, 5.74) is -0.444. The van der Waals surface area contributed by atoms with Crippen molar-refractivity contribution in [1.82, 2.24) is 25.0 Å². The number of nitrogens with one attached hydrogen (secondary N) is 1. The van der Waals surface area contributed by atoms with E-state index < -0.39 is 5.60 Å². The van der Waals surface area contributed by atoms with Crippen LogP contribution in [0, 0.1) is 0 Å². The largest absolute Gasteiger partial charge is 0.444 e. The van der Waals surface area contributed by atoms with Gasteiger partial charge in [0.25, 0.3) is 0 Å². The van der Waals surface area contributed by atoms with Gasteiger partial charge in [-0.3, -0.25) is 4.68 Å². The zero-order valence-electron chi connectivity index (χ0n) is 12.6. The van der Waals surface area contributed by atoms with Gasteiger partial charge in [0.1, 0.15) is 11.9 Å². The molecule has 1 aromatic rings. The summed E-state index contributed by atoms with van der Waals surface area (Å²) in [6.45, 7) is 7.65. The summed E-state index contributed by atoms with van der Waals surface area (Å²) in [6.07, 6.45) is 2.36. The summed E-state index contributed by atoms with van der Waals surface area (Å²) >= 11 is 0. The molecule has 1 unspecified atom stereocenters. The molecular formula is C13H23N5O2. The molecule has 0 saturated carbocycles. The van der Waals surface area contributed by atoms with Crippen molar-refractivity contribution >= 4 is 6.09 Å². The molecule has 2 heterocycles. The molecule has 7 heteroatoms. The minimum Gasteiger partial charge on any atom is -0.444 e. The van der Waals surface area contributed by atoms with Gasteiger partial charge in [0, 0.05) is 26.2 Å². The van der Waals surface area contributed by atoms with E-state index in [0.29, 0.717) is 13.1 Å². The van der Waals surface area contributed by atoms with Crippen LogP contribution >= 0.6 is 0 Å². The lowest BCUT2D eigenvalue weighted by atomic mass is 10.2. The molecule has 1 saturated heterocycles. The molecular weight excluding hydrogens is 258 g/mol. The number of amides is 1. The van der Waals surface area contributed by atoms with Crippen molar-refractivity contribution in [3.63, 3.8) is 0 Å². The molecule has 0 bridgehead atoms. The third-order valence-electron chi connectivity index (χ3n) is 3.04. The smallest absolute Gasteiger partial charge is 0.410 e. The van der Waals surface area contributed by atoms with Crippen molar-refractivity contribution < 1.29 is 9.53 Å². The Labute approximate surface area is 119 Å². The number of rotatable bonds is 3. The first-order chi connectivity index (χ1) is 9.33. The van der Waals surface area contributed by atoms with Crippen LogP contribution < -0.4 is 5.32 Å². The van der Waals surface area contributed by atoms with Crippen molar-refractivity contribution in [3.05, 3.63) is 12.2 Å². The molecule has 1 amide bonds. The van der Waals surface area contributed by atoms with Crippen LogP contribution in [0.15, 0.2) is 6.33 Å². The number of hydrogen-bond donors (Lipinski definition) is 1. The first-order valence-electron chi connectivity index (χ1n) is 6.89. The zero-order chi connectivity index (χ0) is 14.8. The average molecular weight is 281 g/mol. The molecule has 2 rings (SSSR count). The standard InChI is InChI=1S/C13H23N5O2/c1-13(2,3)20-12(19)18-6-5-10(8-18)14-7-11-15-9-17(4)16-11/h9-10,14H,5-8H2,1-4H3. The van der Waals surface area contributed by atoms with E-state index in [1.165, 1.54) is 0 Å². The van der Waals surface area contributed by atoms with Crippen LogP contribution in [0.4, 0.5) is 4.79 Å². The third kappa shape index (κ3) is 4.19. The van der Waals surface area contributed by atoms with E-state index in [1.807, 2.05) is 27.8 Å². The minimum atomic E-state index is -0.444. The Morgan fingerprint density at radius 2 is 2.30 bits per heavy atom. The fraction of sp³-hybridized carbons (Fsp3) is 0.769. The summed E-state index contributed by atoms with van der Waals surface area (Å²) in [5, 5.41) is 7.58. The predicted molar refractivity (Wildman–Crippen MR) is 74.1 cm³/mol. The Kier molecular flexibility index (Phi) is 4.27. The van der Waals surface area contributed by atoms with Gasteiger partial charge in [-0.25, -0.2) is 9.78 Å². The van der Waals surface area contributed by atoms with Gasteiger partial charge in [-0.05, 0) is 27.2 Å². The van der Waals surface area contributed by atoms with Crippen LogP contribution in [0.5, 0.6) is 0 Å². The van der Waals surface area contributed by atoms with Gasteiger partial charge in [0.2, 0.25) is 0 Å². The van der Waals surface area contributed by atoms with E-state index >= 15 is 0 Å². The Morgan fingerprint density at radius 1 is 1.55 bits per heavy atom. The van der Waals surface area contributed by atoms with Gasteiger partial charge < -0.3 is 15.0 Å². The van der Waals surface area contributed by atoms with Crippen molar-refractivity contribution in [2.45, 2.75) is 45.4 Å². The molecule has 20 heavy (non-hydrogen) atoms. The van der Waals surface area contributed by atoms with E-state index in [-0.39, 0.29) is 12.1 Å². The van der Waals surface area contributed by atoms with Crippen molar-refractivity contribution in [1.29, 1.82) is 0 Å². The summed E-state index contributed by atoms with van der Waals surface area (Å²) in [6, 6.07) is 0.270. The molecule has 1 aromatic heterocycles. The summed E-state index contributed by atoms with van der Waals surface area (Å²) in [5.74, 6) is 0.767. The molecule has 0 radical (unpaired) electrons. The molecule has 112 valence electrons. The molecule has 0 spiro atoms. The second-order valence-electron chi connectivity index (χ2n) is 6.13. The number of hydrogen-bond acceptors (Lipinski definition) is 5. The Bertz CT molecular complexity index is 466. The Morgan fingerprint density at radius 3 is 2.90 bits per heavy atom. The van der Waals surface area contributed by atoms with Gasteiger partial charge in [-0.2, -0.15) is 5.10 Å². The number of aromatic nitrogens is 3. The van der Waals surface area contributed by atoms with Crippen LogP contribution in [0.25, 0.3) is 0 Å². The fourth-order valence-corrected chi connectivity index (χ4v) is 2.12. The molecule has 0 aliphatic carbocycles. The Balaban J connectivity index is 1.76. The Hall–Kier alpha value is -1.63. The first-order valence-corrected chi connectivity index (χ1v) is 6.89. The van der Waals surface area contributed by atoms with E-state index in [4.69, 9.17) is 4.74 Å². The SMILES string of the molecule is Cn1cnc(CNC2CCN(C(=O)OC(C)(C)C)C2)n1. The maximum Gasteiger partial charge on any atom is 0.410 e. The summed E-state index contributed by atoms with van der Waals surface area (Å²) < 4.78 is 7.05. The van der Waals surface area contributed by atoms with E-state index in [1.54, 1.807) is 15.9 Å². The molecule has 1 fully saturated rings. The number of aryl methyl sites for hydroxylation is 1. The van der Waals surface area contributed by atoms with Crippen LogP contribution in [0.2, 0.25) is 0 Å². The van der Waals surface area contributed by atoms with Crippen molar-refractivity contribution in [2.24, 2.45) is 7.05 Å². The maximum atomic E-state index is 11.9. The topological polar surface area (TPSA) is 72.3 Å². The fourth-order valence-electron chi connectivity index (χ4n) is 2.12. The molecule has 1 atom stereocenters. The molecule has 1 aliphatic rings. The monoisotopic (exact) mass is 281 g/mol. The quantitative estimate of drug-likeness (QED) is 0.891. The molecule has 7 nitrogen and oxygen atoms in total. The van der Waals surface area contributed by atoms with Gasteiger partial charge >= 0.3 is 6.09 Å². The molecule has 1 aliphatic heterocycles. The number of ether oxygens (including phenoxy) is 1. The maximum absolute atomic E-state index is 11.9. The average Bonchev–Trinajstić information content (AvgIpc) is 2.93. The highest BCUT2D eigenvalue weighted by atomic mass is 16.6. The molecule has 1 N–H and O–H groups in total. The summed E-state index contributed by atoms with van der Waals surface area (Å²) in [7, 11) is 1.84. The second kappa shape index (κ2) is 5.78. The second-order valence-corrected chi connectivity index (χ2v) is 6.13. The minimum absolute atomic E-state index is 0.238. The normalized spacial score (nSPS) is 19.4. The zero-order valence-corrected chi connectivity index (χ0v) is 12.6. The lowest BCUT2D eigenvalue weighted by Gasteiger charge is -2.24. The predicted octanol–water partition coefficient (Wildman–Crippen LogP) is 0.914. The van der Waals surface area contributed by atoms with E-state index in [2.05, 4.69) is 15.4 Å². The number of carbonyl (C=O) groups is 1. The number of carbonyl (C=O) groups excluding carboxylic acids is 1. The highest BCUT2D eigenvalue weighted by molar-refractivity contribution is 5.68. The third-order valence-corrected chi connectivity index (χ3v) is 3.04. The van der Waals surface area contributed by atoms with Crippen molar-refractivity contribution in [3.8, 4) is 0 Å². The number of likely N-dealkylation sites (tertiary alicyclic amines) is 1. The van der Waals surface area contributed by atoms with Gasteiger partial charge in [-0.1, -0.05) is 0 Å². The van der Waals surface area contributed by atoms with Crippen molar-refractivity contribution in [2.75, 3.05) is 13.1 Å². The van der Waals surface area contributed by atoms with E-state index in [9.17, 15) is 4.79 Å². The summed E-state index contributed by atoms with van der Waals surface area (Å²) in [4.78, 5) is 17.8. The highest BCUT2D eigenvalue weighted by Gasteiger charge is 2.29. The van der Waals surface area contributed by atoms with Crippen LogP contribution in [0.3, 0.4) is 0 Å². The van der Waals surface area contributed by atoms with Gasteiger partial charge in [0.15, 0.2) is 5.82 Å². The highest BCUT2D eigenvalue weighted by Crippen LogP contribution is 2.15. The lowest BCUT2D eigenvalue weighted by molar-refractivity contribution is 0.0291. The van der Waals surface area contributed by atoms with Crippen LogP contribution in [0.1, 0.15) is 33.0 Å².